The van der Waals surface area contributed by atoms with Crippen LogP contribution >= 0.6 is 34.8 Å². The molecular formula is C12H8Cl3NO. The van der Waals surface area contributed by atoms with Crippen LogP contribution in [0.3, 0.4) is 0 Å². The SMILES string of the molecule is ClCc1cncc(Oc2cccc(Cl)c2Cl)c1. The topological polar surface area (TPSA) is 22.1 Å². The maximum atomic E-state index is 6.01. The summed E-state index contributed by atoms with van der Waals surface area (Å²) in [6.07, 6.45) is 3.27. The Morgan fingerprint density at radius 3 is 2.76 bits per heavy atom. The van der Waals surface area contributed by atoms with Crippen LogP contribution in [0, 0.1) is 0 Å². The van der Waals surface area contributed by atoms with Gasteiger partial charge >= 0.3 is 0 Å². The number of alkyl halides is 1. The van der Waals surface area contributed by atoms with Crippen LogP contribution in [-0.4, -0.2) is 4.98 Å². The number of ether oxygens (including phenoxy) is 1. The summed E-state index contributed by atoms with van der Waals surface area (Å²) < 4.78 is 5.59. The number of rotatable bonds is 3. The van der Waals surface area contributed by atoms with Gasteiger partial charge in [0.2, 0.25) is 0 Å². The van der Waals surface area contributed by atoms with Crippen molar-refractivity contribution in [2.45, 2.75) is 5.88 Å². The Morgan fingerprint density at radius 2 is 2.00 bits per heavy atom. The van der Waals surface area contributed by atoms with Crippen LogP contribution in [0.25, 0.3) is 0 Å². The Bertz CT molecular complexity index is 531. The lowest BCUT2D eigenvalue weighted by Gasteiger charge is -2.08. The molecule has 1 aromatic carbocycles. The van der Waals surface area contributed by atoms with E-state index < -0.39 is 0 Å². The van der Waals surface area contributed by atoms with Crippen molar-refractivity contribution in [1.29, 1.82) is 0 Å². The first-order valence-corrected chi connectivity index (χ1v) is 6.11. The quantitative estimate of drug-likeness (QED) is 0.748. The molecule has 2 nitrogen and oxygen atoms in total. The minimum Gasteiger partial charge on any atom is -0.454 e. The molecule has 2 rings (SSSR count). The normalized spacial score (nSPS) is 10.3. The number of aromatic nitrogens is 1. The second-order valence-electron chi connectivity index (χ2n) is 3.32. The monoisotopic (exact) mass is 287 g/mol. The van der Waals surface area contributed by atoms with E-state index in [1.54, 1.807) is 36.7 Å². The van der Waals surface area contributed by atoms with Gasteiger partial charge in [-0.2, -0.15) is 0 Å². The highest BCUT2D eigenvalue weighted by molar-refractivity contribution is 6.42. The molecule has 1 heterocycles. The van der Waals surface area contributed by atoms with Gasteiger partial charge in [0.1, 0.15) is 16.5 Å². The average molecular weight is 289 g/mol. The fourth-order valence-electron chi connectivity index (χ4n) is 1.28. The third-order valence-electron chi connectivity index (χ3n) is 2.07. The number of hydrogen-bond donors (Lipinski definition) is 0. The van der Waals surface area contributed by atoms with Crippen LogP contribution < -0.4 is 4.74 Å². The number of nitrogens with zero attached hydrogens (tertiary/aromatic N) is 1. The van der Waals surface area contributed by atoms with E-state index in [0.717, 1.165) is 5.56 Å². The van der Waals surface area contributed by atoms with E-state index in [2.05, 4.69) is 4.98 Å². The molecular weight excluding hydrogens is 280 g/mol. The van der Waals surface area contributed by atoms with Crippen molar-refractivity contribution in [3.8, 4) is 11.5 Å². The number of hydrogen-bond acceptors (Lipinski definition) is 2. The van der Waals surface area contributed by atoms with E-state index in [-0.39, 0.29) is 0 Å². The zero-order chi connectivity index (χ0) is 12.3. The van der Waals surface area contributed by atoms with Crippen molar-refractivity contribution >= 4 is 34.8 Å². The van der Waals surface area contributed by atoms with Gasteiger partial charge in [0.05, 0.1) is 11.2 Å². The Morgan fingerprint density at radius 1 is 1.18 bits per heavy atom. The number of pyridine rings is 1. The largest absolute Gasteiger partial charge is 0.454 e. The van der Waals surface area contributed by atoms with Crippen molar-refractivity contribution < 1.29 is 4.74 Å². The van der Waals surface area contributed by atoms with Gasteiger partial charge < -0.3 is 4.74 Å². The fourth-order valence-corrected chi connectivity index (χ4v) is 1.76. The molecule has 0 spiro atoms. The molecule has 0 radical (unpaired) electrons. The molecule has 0 unspecified atom stereocenters. The molecule has 0 aliphatic heterocycles. The number of halogens is 3. The van der Waals surface area contributed by atoms with Gasteiger partial charge in [-0.25, -0.2) is 0 Å². The molecule has 0 aliphatic rings. The lowest BCUT2D eigenvalue weighted by Crippen LogP contribution is -1.88. The van der Waals surface area contributed by atoms with Crippen molar-refractivity contribution in [3.05, 3.63) is 52.3 Å². The first kappa shape index (κ1) is 12.5. The molecule has 0 fully saturated rings. The summed E-state index contributed by atoms with van der Waals surface area (Å²) in [5.41, 5.74) is 0.877. The van der Waals surface area contributed by atoms with E-state index >= 15 is 0 Å². The first-order valence-electron chi connectivity index (χ1n) is 4.82. The summed E-state index contributed by atoms with van der Waals surface area (Å²) in [6, 6.07) is 7.01. The summed E-state index contributed by atoms with van der Waals surface area (Å²) in [5, 5.41) is 0.830. The molecule has 0 bridgehead atoms. The van der Waals surface area contributed by atoms with Crippen molar-refractivity contribution in [3.63, 3.8) is 0 Å². The van der Waals surface area contributed by atoms with Gasteiger partial charge in [0, 0.05) is 12.1 Å². The summed E-state index contributed by atoms with van der Waals surface area (Å²) >= 11 is 17.6. The standard InChI is InChI=1S/C12H8Cl3NO/c13-5-8-4-9(7-16-6-8)17-11-3-1-2-10(14)12(11)15/h1-4,6-7H,5H2. The molecule has 1 aromatic heterocycles. The van der Waals surface area contributed by atoms with Crippen LogP contribution in [0.5, 0.6) is 11.5 Å². The summed E-state index contributed by atoms with van der Waals surface area (Å²) in [4.78, 5) is 4.02. The second-order valence-corrected chi connectivity index (χ2v) is 4.37. The molecule has 5 heteroatoms. The Labute approximate surface area is 114 Å². The Kier molecular flexibility index (Phi) is 4.11. The van der Waals surface area contributed by atoms with E-state index in [1.165, 1.54) is 0 Å². The van der Waals surface area contributed by atoms with Crippen LogP contribution in [0.4, 0.5) is 0 Å². The van der Waals surface area contributed by atoms with Gasteiger partial charge in [-0.05, 0) is 23.8 Å². The maximum absolute atomic E-state index is 6.01. The first-order chi connectivity index (χ1) is 8.20. The molecule has 0 amide bonds. The zero-order valence-corrected chi connectivity index (χ0v) is 10.9. The lowest BCUT2D eigenvalue weighted by atomic mass is 10.3. The van der Waals surface area contributed by atoms with E-state index in [4.69, 9.17) is 39.5 Å². The summed E-state index contributed by atoms with van der Waals surface area (Å²) in [7, 11) is 0. The maximum Gasteiger partial charge on any atom is 0.147 e. The minimum atomic E-state index is 0.380. The highest BCUT2D eigenvalue weighted by Crippen LogP contribution is 2.34. The van der Waals surface area contributed by atoms with Crippen molar-refractivity contribution in [2.75, 3.05) is 0 Å². The van der Waals surface area contributed by atoms with E-state index in [9.17, 15) is 0 Å². The fraction of sp³-hybridized carbons (Fsp3) is 0.0833. The van der Waals surface area contributed by atoms with Crippen LogP contribution in [-0.2, 0) is 5.88 Å². The molecule has 0 aliphatic carbocycles. The van der Waals surface area contributed by atoms with E-state index in [0.29, 0.717) is 27.4 Å². The van der Waals surface area contributed by atoms with Crippen LogP contribution in [0.1, 0.15) is 5.56 Å². The van der Waals surface area contributed by atoms with Crippen molar-refractivity contribution in [2.24, 2.45) is 0 Å². The van der Waals surface area contributed by atoms with Gasteiger partial charge in [0.25, 0.3) is 0 Å². The molecule has 0 N–H and O–H groups in total. The molecule has 17 heavy (non-hydrogen) atoms. The zero-order valence-electron chi connectivity index (χ0n) is 8.66. The molecule has 88 valence electrons. The Balaban J connectivity index is 2.28. The lowest BCUT2D eigenvalue weighted by molar-refractivity contribution is 0.480. The molecule has 2 aromatic rings. The molecule has 0 saturated heterocycles. The highest BCUT2D eigenvalue weighted by Gasteiger charge is 2.07. The highest BCUT2D eigenvalue weighted by atomic mass is 35.5. The molecule has 0 saturated carbocycles. The predicted molar refractivity (Wildman–Crippen MR) is 70.3 cm³/mol. The van der Waals surface area contributed by atoms with Gasteiger partial charge in [-0.1, -0.05) is 29.3 Å². The van der Waals surface area contributed by atoms with Gasteiger partial charge in [-0.15, -0.1) is 11.6 Å². The smallest absolute Gasteiger partial charge is 0.147 e. The average Bonchev–Trinajstić information content (AvgIpc) is 2.35. The summed E-state index contributed by atoms with van der Waals surface area (Å²) in [6.45, 7) is 0. The molecule has 0 atom stereocenters. The number of benzene rings is 1. The third-order valence-corrected chi connectivity index (χ3v) is 3.18. The van der Waals surface area contributed by atoms with Gasteiger partial charge in [0.15, 0.2) is 0 Å². The van der Waals surface area contributed by atoms with Crippen molar-refractivity contribution in [1.82, 2.24) is 4.98 Å². The third kappa shape index (κ3) is 3.03. The van der Waals surface area contributed by atoms with E-state index in [1.807, 2.05) is 0 Å². The Hall–Kier alpha value is -0.960. The van der Waals surface area contributed by atoms with Gasteiger partial charge in [-0.3, -0.25) is 4.98 Å². The van der Waals surface area contributed by atoms with Crippen LogP contribution in [0.15, 0.2) is 36.7 Å². The summed E-state index contributed by atoms with van der Waals surface area (Å²) in [5.74, 6) is 1.45. The predicted octanol–water partition coefficient (Wildman–Crippen LogP) is 4.92. The minimum absolute atomic E-state index is 0.380. The second kappa shape index (κ2) is 5.58. The van der Waals surface area contributed by atoms with Crippen LogP contribution in [0.2, 0.25) is 10.0 Å².